The monoisotopic (exact) mass is 201 g/mol. The Morgan fingerprint density at radius 3 is 2.60 bits per heavy atom. The fourth-order valence-electron chi connectivity index (χ4n) is 1.78. The van der Waals surface area contributed by atoms with Crippen LogP contribution in [0.2, 0.25) is 0 Å². The standard InChI is InChI=1S/C13H15NO/c1-9-5-4-6-12(7-9)8-13-10(2)14-15-11(13)3/h4-7H,8H2,1-3H3. The van der Waals surface area contributed by atoms with Gasteiger partial charge in [0.05, 0.1) is 5.69 Å². The van der Waals surface area contributed by atoms with Gasteiger partial charge in [-0.3, -0.25) is 0 Å². The summed E-state index contributed by atoms with van der Waals surface area (Å²) in [5, 5.41) is 3.96. The van der Waals surface area contributed by atoms with Gasteiger partial charge in [-0.05, 0) is 26.3 Å². The van der Waals surface area contributed by atoms with Crippen molar-refractivity contribution in [1.82, 2.24) is 5.16 Å². The number of benzene rings is 1. The van der Waals surface area contributed by atoms with Crippen LogP contribution in [0.4, 0.5) is 0 Å². The molecule has 0 unspecified atom stereocenters. The summed E-state index contributed by atoms with van der Waals surface area (Å²) in [7, 11) is 0. The van der Waals surface area contributed by atoms with Crippen molar-refractivity contribution >= 4 is 0 Å². The molecule has 0 aliphatic rings. The van der Waals surface area contributed by atoms with Crippen LogP contribution in [0.15, 0.2) is 28.8 Å². The van der Waals surface area contributed by atoms with Gasteiger partial charge in [0.2, 0.25) is 0 Å². The SMILES string of the molecule is Cc1cccc(Cc2c(C)noc2C)c1. The maximum Gasteiger partial charge on any atom is 0.137 e. The summed E-state index contributed by atoms with van der Waals surface area (Å²) in [4.78, 5) is 0. The second-order valence-electron chi connectivity index (χ2n) is 3.97. The van der Waals surface area contributed by atoms with Gasteiger partial charge in [-0.25, -0.2) is 0 Å². The first-order chi connectivity index (χ1) is 7.16. The average Bonchev–Trinajstić information content (AvgIpc) is 2.50. The van der Waals surface area contributed by atoms with Crippen LogP contribution in [0.25, 0.3) is 0 Å². The summed E-state index contributed by atoms with van der Waals surface area (Å²) in [5.74, 6) is 0.925. The van der Waals surface area contributed by atoms with Crippen LogP contribution >= 0.6 is 0 Å². The van der Waals surface area contributed by atoms with Gasteiger partial charge >= 0.3 is 0 Å². The van der Waals surface area contributed by atoms with Gasteiger partial charge in [0, 0.05) is 12.0 Å². The van der Waals surface area contributed by atoms with Gasteiger partial charge in [0.15, 0.2) is 0 Å². The van der Waals surface area contributed by atoms with Gasteiger partial charge in [-0.2, -0.15) is 0 Å². The maximum atomic E-state index is 5.15. The summed E-state index contributed by atoms with van der Waals surface area (Å²) in [5.41, 5.74) is 4.80. The summed E-state index contributed by atoms with van der Waals surface area (Å²) >= 11 is 0. The molecule has 0 radical (unpaired) electrons. The van der Waals surface area contributed by atoms with Crippen LogP contribution in [0.5, 0.6) is 0 Å². The third kappa shape index (κ3) is 2.09. The minimum atomic E-state index is 0.906. The van der Waals surface area contributed by atoms with E-state index in [2.05, 4.69) is 36.3 Å². The van der Waals surface area contributed by atoms with Crippen molar-refractivity contribution in [2.24, 2.45) is 0 Å². The summed E-state index contributed by atoms with van der Waals surface area (Å²) in [6.45, 7) is 6.06. The molecule has 2 aromatic rings. The number of hydrogen-bond acceptors (Lipinski definition) is 2. The number of rotatable bonds is 2. The number of nitrogens with zero attached hydrogens (tertiary/aromatic N) is 1. The van der Waals surface area contributed by atoms with Crippen molar-refractivity contribution in [3.63, 3.8) is 0 Å². The second kappa shape index (κ2) is 3.89. The zero-order chi connectivity index (χ0) is 10.8. The minimum Gasteiger partial charge on any atom is -0.361 e. The van der Waals surface area contributed by atoms with E-state index in [0.29, 0.717) is 0 Å². The molecule has 0 bridgehead atoms. The van der Waals surface area contributed by atoms with E-state index in [-0.39, 0.29) is 0 Å². The molecule has 0 aliphatic carbocycles. The first-order valence-corrected chi connectivity index (χ1v) is 5.14. The second-order valence-corrected chi connectivity index (χ2v) is 3.97. The van der Waals surface area contributed by atoms with Crippen LogP contribution in [-0.2, 0) is 6.42 Å². The smallest absolute Gasteiger partial charge is 0.137 e. The van der Waals surface area contributed by atoms with Crippen LogP contribution < -0.4 is 0 Å². The predicted octanol–water partition coefficient (Wildman–Crippen LogP) is 3.19. The molecular formula is C13H15NO. The van der Waals surface area contributed by atoms with Crippen LogP contribution in [-0.4, -0.2) is 5.16 Å². The fraction of sp³-hybridized carbons (Fsp3) is 0.308. The van der Waals surface area contributed by atoms with Crippen molar-refractivity contribution in [3.05, 3.63) is 52.4 Å². The van der Waals surface area contributed by atoms with Gasteiger partial charge in [-0.15, -0.1) is 0 Å². The zero-order valence-corrected chi connectivity index (χ0v) is 9.37. The van der Waals surface area contributed by atoms with Crippen LogP contribution in [0, 0.1) is 20.8 Å². The normalized spacial score (nSPS) is 10.6. The van der Waals surface area contributed by atoms with Crippen molar-refractivity contribution in [1.29, 1.82) is 0 Å². The molecule has 78 valence electrons. The average molecular weight is 201 g/mol. The minimum absolute atomic E-state index is 0.906. The van der Waals surface area contributed by atoms with E-state index in [1.807, 2.05) is 13.8 Å². The molecule has 2 rings (SSSR count). The lowest BCUT2D eigenvalue weighted by molar-refractivity contribution is 0.392. The molecule has 1 heterocycles. The molecule has 2 nitrogen and oxygen atoms in total. The molecule has 0 saturated carbocycles. The van der Waals surface area contributed by atoms with Crippen molar-refractivity contribution in [3.8, 4) is 0 Å². The molecule has 0 N–H and O–H groups in total. The van der Waals surface area contributed by atoms with E-state index < -0.39 is 0 Å². The Bertz CT molecular complexity index is 452. The molecule has 15 heavy (non-hydrogen) atoms. The fourth-order valence-corrected chi connectivity index (χ4v) is 1.78. The summed E-state index contributed by atoms with van der Waals surface area (Å²) < 4.78 is 5.15. The first kappa shape index (κ1) is 9.97. The highest BCUT2D eigenvalue weighted by Gasteiger charge is 2.09. The number of aromatic nitrogens is 1. The van der Waals surface area contributed by atoms with E-state index in [9.17, 15) is 0 Å². The largest absolute Gasteiger partial charge is 0.361 e. The Kier molecular flexibility index (Phi) is 2.58. The number of hydrogen-bond donors (Lipinski definition) is 0. The molecular weight excluding hydrogens is 186 g/mol. The predicted molar refractivity (Wildman–Crippen MR) is 60.0 cm³/mol. The third-order valence-electron chi connectivity index (χ3n) is 2.64. The van der Waals surface area contributed by atoms with E-state index >= 15 is 0 Å². The molecule has 0 saturated heterocycles. The first-order valence-electron chi connectivity index (χ1n) is 5.14. The lowest BCUT2D eigenvalue weighted by Gasteiger charge is -2.01. The van der Waals surface area contributed by atoms with E-state index in [0.717, 1.165) is 17.9 Å². The van der Waals surface area contributed by atoms with E-state index in [4.69, 9.17) is 4.52 Å². The topological polar surface area (TPSA) is 26.0 Å². The van der Waals surface area contributed by atoms with Crippen LogP contribution in [0.1, 0.15) is 28.1 Å². The molecule has 2 heteroatoms. The highest BCUT2D eigenvalue weighted by atomic mass is 16.5. The quantitative estimate of drug-likeness (QED) is 0.745. The molecule has 1 aromatic carbocycles. The van der Waals surface area contributed by atoms with E-state index in [1.54, 1.807) is 0 Å². The molecule has 0 spiro atoms. The van der Waals surface area contributed by atoms with Gasteiger partial charge in [0.1, 0.15) is 5.76 Å². The number of aryl methyl sites for hydroxylation is 3. The van der Waals surface area contributed by atoms with Crippen molar-refractivity contribution in [2.45, 2.75) is 27.2 Å². The molecule has 0 amide bonds. The lowest BCUT2D eigenvalue weighted by atomic mass is 10.0. The maximum absolute atomic E-state index is 5.15. The van der Waals surface area contributed by atoms with Crippen molar-refractivity contribution < 1.29 is 4.52 Å². The molecule has 0 aliphatic heterocycles. The van der Waals surface area contributed by atoms with Gasteiger partial charge in [-0.1, -0.05) is 35.0 Å². The highest BCUT2D eigenvalue weighted by Crippen LogP contribution is 2.17. The highest BCUT2D eigenvalue weighted by molar-refractivity contribution is 5.31. The zero-order valence-electron chi connectivity index (χ0n) is 9.37. The Balaban J connectivity index is 2.29. The van der Waals surface area contributed by atoms with Crippen molar-refractivity contribution in [2.75, 3.05) is 0 Å². The molecule has 0 atom stereocenters. The lowest BCUT2D eigenvalue weighted by Crippen LogP contribution is -1.91. The van der Waals surface area contributed by atoms with E-state index in [1.165, 1.54) is 16.7 Å². The Hall–Kier alpha value is -1.57. The summed E-state index contributed by atoms with van der Waals surface area (Å²) in [6.07, 6.45) is 0.906. The Labute approximate surface area is 89.9 Å². The summed E-state index contributed by atoms with van der Waals surface area (Å²) in [6, 6.07) is 8.53. The Morgan fingerprint density at radius 2 is 2.00 bits per heavy atom. The van der Waals surface area contributed by atoms with Gasteiger partial charge in [0.25, 0.3) is 0 Å². The van der Waals surface area contributed by atoms with Crippen LogP contribution in [0.3, 0.4) is 0 Å². The molecule has 0 fully saturated rings. The Morgan fingerprint density at radius 1 is 1.20 bits per heavy atom. The third-order valence-corrected chi connectivity index (χ3v) is 2.64. The molecule has 1 aromatic heterocycles. The van der Waals surface area contributed by atoms with Gasteiger partial charge < -0.3 is 4.52 Å².